The van der Waals surface area contributed by atoms with E-state index in [1.54, 1.807) is 27.2 Å². The predicted octanol–water partition coefficient (Wildman–Crippen LogP) is 2.86. The van der Waals surface area contributed by atoms with Crippen molar-refractivity contribution in [2.24, 2.45) is 0 Å². The van der Waals surface area contributed by atoms with Crippen LogP contribution in [0.3, 0.4) is 0 Å². The van der Waals surface area contributed by atoms with E-state index in [4.69, 9.17) is 14.0 Å². The van der Waals surface area contributed by atoms with Gasteiger partial charge >= 0.3 is 0 Å². The highest BCUT2D eigenvalue weighted by molar-refractivity contribution is 8.00. The second-order valence-corrected chi connectivity index (χ2v) is 7.20. The summed E-state index contributed by atoms with van der Waals surface area (Å²) >= 11 is 1.22. The number of amides is 2. The molecular weight excluding hydrogens is 382 g/mol. The molecule has 0 bridgehead atoms. The van der Waals surface area contributed by atoms with Gasteiger partial charge in [-0.25, -0.2) is 0 Å². The van der Waals surface area contributed by atoms with Crippen LogP contribution < -0.4 is 20.1 Å². The van der Waals surface area contributed by atoms with Crippen molar-refractivity contribution in [1.29, 1.82) is 0 Å². The van der Waals surface area contributed by atoms with E-state index in [0.717, 1.165) is 11.1 Å². The van der Waals surface area contributed by atoms with Gasteiger partial charge in [0.05, 0.1) is 31.8 Å². The van der Waals surface area contributed by atoms with Gasteiger partial charge in [0.2, 0.25) is 11.8 Å². The number of carbonyl (C=O) groups is 2. The highest BCUT2D eigenvalue weighted by atomic mass is 32.2. The molecule has 0 saturated carbocycles. The molecule has 2 amide bonds. The molecule has 2 N–H and O–H groups in total. The van der Waals surface area contributed by atoms with Crippen molar-refractivity contribution in [2.75, 3.05) is 31.0 Å². The SMILES string of the molecule is COc1cc(C)c(C(C)NC(=O)CSCC(=O)Nc2cc(C)on2)cc1OC. The molecule has 0 radical (unpaired) electrons. The zero-order valence-corrected chi connectivity index (χ0v) is 17.4. The molecule has 1 aromatic carbocycles. The van der Waals surface area contributed by atoms with Gasteiger partial charge in [-0.3, -0.25) is 9.59 Å². The summed E-state index contributed by atoms with van der Waals surface area (Å²) in [6.07, 6.45) is 0. The average molecular weight is 407 g/mol. The average Bonchev–Trinajstić information content (AvgIpc) is 3.05. The van der Waals surface area contributed by atoms with Crippen LogP contribution in [-0.4, -0.2) is 42.7 Å². The summed E-state index contributed by atoms with van der Waals surface area (Å²) in [5.74, 6) is 2.15. The third kappa shape index (κ3) is 5.91. The van der Waals surface area contributed by atoms with Crippen molar-refractivity contribution in [3.63, 3.8) is 0 Å². The fraction of sp³-hybridized carbons (Fsp3) is 0.421. The van der Waals surface area contributed by atoms with E-state index in [9.17, 15) is 9.59 Å². The molecule has 0 aliphatic carbocycles. The van der Waals surface area contributed by atoms with Crippen molar-refractivity contribution in [3.05, 3.63) is 35.1 Å². The fourth-order valence-electron chi connectivity index (χ4n) is 2.66. The molecule has 0 aliphatic rings. The Morgan fingerprint density at radius 2 is 1.75 bits per heavy atom. The first-order valence-corrected chi connectivity index (χ1v) is 9.82. The molecule has 152 valence electrons. The summed E-state index contributed by atoms with van der Waals surface area (Å²) in [6.45, 7) is 5.59. The number of nitrogens with one attached hydrogen (secondary N) is 2. The molecule has 2 rings (SSSR count). The lowest BCUT2D eigenvalue weighted by molar-refractivity contribution is -0.119. The Labute approximate surface area is 168 Å². The maximum atomic E-state index is 12.2. The van der Waals surface area contributed by atoms with Crippen molar-refractivity contribution in [2.45, 2.75) is 26.8 Å². The van der Waals surface area contributed by atoms with Crippen LogP contribution in [0.5, 0.6) is 11.5 Å². The van der Waals surface area contributed by atoms with Crippen LogP contribution in [0, 0.1) is 13.8 Å². The minimum atomic E-state index is -0.241. The van der Waals surface area contributed by atoms with Crippen molar-refractivity contribution in [1.82, 2.24) is 10.5 Å². The van der Waals surface area contributed by atoms with Gasteiger partial charge in [-0.2, -0.15) is 0 Å². The summed E-state index contributed by atoms with van der Waals surface area (Å²) in [4.78, 5) is 24.1. The smallest absolute Gasteiger partial charge is 0.235 e. The number of nitrogens with zero attached hydrogens (tertiary/aromatic N) is 1. The van der Waals surface area contributed by atoms with Crippen LogP contribution in [0.25, 0.3) is 0 Å². The summed E-state index contributed by atoms with van der Waals surface area (Å²) in [5.41, 5.74) is 1.93. The highest BCUT2D eigenvalue weighted by Crippen LogP contribution is 2.32. The quantitative estimate of drug-likeness (QED) is 0.659. The number of anilines is 1. The van der Waals surface area contributed by atoms with Gasteiger partial charge in [-0.05, 0) is 44.0 Å². The van der Waals surface area contributed by atoms with Gasteiger partial charge in [0, 0.05) is 6.07 Å². The number of aryl methyl sites for hydroxylation is 2. The molecule has 1 aromatic heterocycles. The Morgan fingerprint density at radius 3 is 2.36 bits per heavy atom. The van der Waals surface area contributed by atoms with Gasteiger partial charge in [0.15, 0.2) is 17.3 Å². The van der Waals surface area contributed by atoms with Crippen molar-refractivity contribution in [3.8, 4) is 11.5 Å². The summed E-state index contributed by atoms with van der Waals surface area (Å²) in [5, 5.41) is 9.24. The minimum absolute atomic E-state index is 0.142. The van der Waals surface area contributed by atoms with Crippen LogP contribution in [-0.2, 0) is 9.59 Å². The molecule has 8 nitrogen and oxygen atoms in total. The van der Waals surface area contributed by atoms with Crippen LogP contribution in [0.15, 0.2) is 22.7 Å². The molecular formula is C19H25N3O5S. The number of thioether (sulfide) groups is 1. The van der Waals surface area contributed by atoms with E-state index in [0.29, 0.717) is 23.1 Å². The van der Waals surface area contributed by atoms with Gasteiger partial charge in [-0.1, -0.05) is 5.16 Å². The predicted molar refractivity (Wildman–Crippen MR) is 108 cm³/mol. The molecule has 0 saturated heterocycles. The number of aromatic nitrogens is 1. The Balaban J connectivity index is 1.83. The molecule has 2 aromatic rings. The Morgan fingerprint density at radius 1 is 1.11 bits per heavy atom. The maximum Gasteiger partial charge on any atom is 0.235 e. The molecule has 9 heteroatoms. The van der Waals surface area contributed by atoms with Gasteiger partial charge in [0.1, 0.15) is 5.76 Å². The number of benzene rings is 1. The van der Waals surface area contributed by atoms with Crippen LogP contribution in [0.4, 0.5) is 5.82 Å². The monoisotopic (exact) mass is 407 g/mol. The van der Waals surface area contributed by atoms with Gasteiger partial charge in [0.25, 0.3) is 0 Å². The van der Waals surface area contributed by atoms with E-state index >= 15 is 0 Å². The van der Waals surface area contributed by atoms with Crippen molar-refractivity contribution < 1.29 is 23.6 Å². The molecule has 28 heavy (non-hydrogen) atoms. The van der Waals surface area contributed by atoms with E-state index in [1.165, 1.54) is 11.8 Å². The zero-order chi connectivity index (χ0) is 20.7. The topological polar surface area (TPSA) is 103 Å². The molecule has 1 heterocycles. The van der Waals surface area contributed by atoms with E-state index in [1.807, 2.05) is 26.0 Å². The number of ether oxygens (including phenoxy) is 2. The van der Waals surface area contributed by atoms with Crippen LogP contribution in [0.2, 0.25) is 0 Å². The van der Waals surface area contributed by atoms with Crippen LogP contribution >= 0.6 is 11.8 Å². The molecule has 0 spiro atoms. The maximum absolute atomic E-state index is 12.2. The zero-order valence-electron chi connectivity index (χ0n) is 16.6. The third-order valence-electron chi connectivity index (χ3n) is 3.98. The highest BCUT2D eigenvalue weighted by Gasteiger charge is 2.16. The minimum Gasteiger partial charge on any atom is -0.493 e. The largest absolute Gasteiger partial charge is 0.493 e. The standard InChI is InChI=1S/C19H25N3O5S/c1-11-6-15(25-4)16(26-5)8-14(11)13(3)20-18(23)9-28-10-19(24)21-17-7-12(2)27-22-17/h6-8,13H,9-10H2,1-5H3,(H,20,23)(H,21,22,24). The second kappa shape index (κ2) is 10.0. The van der Waals surface area contributed by atoms with Gasteiger partial charge < -0.3 is 24.6 Å². The Kier molecular flexibility index (Phi) is 7.74. The van der Waals surface area contributed by atoms with Crippen molar-refractivity contribution >= 4 is 29.4 Å². The van der Waals surface area contributed by atoms with E-state index in [2.05, 4.69) is 15.8 Å². The lowest BCUT2D eigenvalue weighted by Gasteiger charge is -2.19. The summed E-state index contributed by atoms with van der Waals surface area (Å²) < 4.78 is 15.5. The fourth-order valence-corrected chi connectivity index (χ4v) is 3.29. The lowest BCUT2D eigenvalue weighted by Crippen LogP contribution is -2.29. The first kappa shape index (κ1) is 21.6. The number of methoxy groups -OCH3 is 2. The number of carbonyl (C=O) groups excluding carboxylic acids is 2. The Hall–Kier alpha value is -2.68. The first-order valence-electron chi connectivity index (χ1n) is 8.66. The third-order valence-corrected chi connectivity index (χ3v) is 4.91. The first-order chi connectivity index (χ1) is 13.3. The number of rotatable bonds is 9. The molecule has 0 aliphatic heterocycles. The summed E-state index contributed by atoms with van der Waals surface area (Å²) in [7, 11) is 3.15. The molecule has 0 fully saturated rings. The van der Waals surface area contributed by atoms with Gasteiger partial charge in [-0.15, -0.1) is 11.8 Å². The van der Waals surface area contributed by atoms with E-state index in [-0.39, 0.29) is 29.4 Å². The molecule has 1 atom stereocenters. The van der Waals surface area contributed by atoms with Crippen LogP contribution in [0.1, 0.15) is 29.9 Å². The Bertz CT molecular complexity index is 837. The normalized spacial score (nSPS) is 11.6. The second-order valence-electron chi connectivity index (χ2n) is 6.22. The number of hydrogen-bond acceptors (Lipinski definition) is 7. The lowest BCUT2D eigenvalue weighted by atomic mass is 10.0. The van der Waals surface area contributed by atoms with E-state index < -0.39 is 0 Å². The molecule has 1 unspecified atom stereocenters. The number of hydrogen-bond donors (Lipinski definition) is 2. The summed E-state index contributed by atoms with van der Waals surface area (Å²) in [6, 6.07) is 5.16.